The van der Waals surface area contributed by atoms with E-state index in [9.17, 15) is 14.4 Å². The van der Waals surface area contributed by atoms with Crippen LogP contribution in [0.5, 0.6) is 0 Å². The molecule has 0 spiro atoms. The van der Waals surface area contributed by atoms with Crippen molar-refractivity contribution in [1.82, 2.24) is 0 Å². The lowest BCUT2D eigenvalue weighted by Gasteiger charge is -2.18. The Morgan fingerprint density at radius 2 is 0.563 bits per heavy atom. The fourth-order valence-electron chi connectivity index (χ4n) is 9.15. The molecule has 6 heteroatoms. The van der Waals surface area contributed by atoms with E-state index in [1.54, 1.807) is 0 Å². The Hall–Kier alpha value is -2.63. The van der Waals surface area contributed by atoms with Gasteiger partial charge < -0.3 is 14.2 Å². The van der Waals surface area contributed by atoms with E-state index in [1.165, 1.54) is 199 Å². The van der Waals surface area contributed by atoms with E-state index >= 15 is 0 Å². The molecule has 71 heavy (non-hydrogen) atoms. The number of rotatable bonds is 57. The molecule has 1 atom stereocenters. The van der Waals surface area contributed by atoms with Gasteiger partial charge in [0.05, 0.1) is 0 Å². The molecule has 0 radical (unpaired) electrons. The molecule has 0 saturated heterocycles. The molecule has 1 unspecified atom stereocenters. The van der Waals surface area contributed by atoms with Gasteiger partial charge in [-0.05, 0) is 70.6 Å². The maximum Gasteiger partial charge on any atom is 0.306 e. The van der Waals surface area contributed by atoms with Gasteiger partial charge in [0.15, 0.2) is 6.10 Å². The van der Waals surface area contributed by atoms with Gasteiger partial charge in [-0.1, -0.05) is 288 Å². The third kappa shape index (κ3) is 58.1. The molecule has 0 aliphatic heterocycles. The predicted octanol–water partition coefficient (Wildman–Crippen LogP) is 21.0. The van der Waals surface area contributed by atoms with Crippen molar-refractivity contribution in [2.75, 3.05) is 13.2 Å². The fraction of sp³-hybridized carbons (Fsp3) is 0.831. The molecule has 0 aliphatic carbocycles. The minimum Gasteiger partial charge on any atom is -0.462 e. The Bertz CT molecular complexity index is 1230. The van der Waals surface area contributed by atoms with E-state index in [2.05, 4.69) is 69.4 Å². The van der Waals surface area contributed by atoms with Gasteiger partial charge in [0.1, 0.15) is 13.2 Å². The van der Waals surface area contributed by atoms with Crippen molar-refractivity contribution in [1.29, 1.82) is 0 Å². The van der Waals surface area contributed by atoms with Crippen molar-refractivity contribution < 1.29 is 28.6 Å². The van der Waals surface area contributed by atoms with Crippen molar-refractivity contribution in [2.24, 2.45) is 0 Å². The van der Waals surface area contributed by atoms with Crippen LogP contribution in [0, 0.1) is 0 Å². The lowest BCUT2D eigenvalue weighted by molar-refractivity contribution is -0.167. The molecule has 0 aromatic heterocycles. The van der Waals surface area contributed by atoms with Crippen molar-refractivity contribution >= 4 is 17.9 Å². The number of hydrogen-bond acceptors (Lipinski definition) is 6. The number of hydrogen-bond donors (Lipinski definition) is 0. The Morgan fingerprint density at radius 3 is 0.915 bits per heavy atom. The summed E-state index contributed by atoms with van der Waals surface area (Å²) in [7, 11) is 0. The van der Waals surface area contributed by atoms with Crippen LogP contribution in [0.25, 0.3) is 0 Å². The quantitative estimate of drug-likeness (QED) is 0.0261. The van der Waals surface area contributed by atoms with Gasteiger partial charge in [0.25, 0.3) is 0 Å². The summed E-state index contributed by atoms with van der Waals surface area (Å²) in [6.45, 7) is 6.52. The molecule has 0 saturated carbocycles. The Labute approximate surface area is 441 Å². The van der Waals surface area contributed by atoms with Crippen LogP contribution in [0.4, 0.5) is 0 Å². The van der Waals surface area contributed by atoms with E-state index in [0.717, 1.165) is 89.9 Å². The zero-order chi connectivity index (χ0) is 51.4. The fourth-order valence-corrected chi connectivity index (χ4v) is 9.15. The van der Waals surface area contributed by atoms with E-state index in [-0.39, 0.29) is 31.1 Å². The van der Waals surface area contributed by atoms with Crippen molar-refractivity contribution in [3.63, 3.8) is 0 Å². The van der Waals surface area contributed by atoms with Crippen LogP contribution < -0.4 is 0 Å². The highest BCUT2D eigenvalue weighted by molar-refractivity contribution is 5.71. The first kappa shape index (κ1) is 68.4. The third-order valence-electron chi connectivity index (χ3n) is 13.8. The maximum atomic E-state index is 12.9. The zero-order valence-electron chi connectivity index (χ0n) is 47.5. The molecular formula is C65H118O6. The third-order valence-corrected chi connectivity index (χ3v) is 13.8. The second-order valence-electron chi connectivity index (χ2n) is 20.9. The lowest BCUT2D eigenvalue weighted by Crippen LogP contribution is -2.30. The summed E-state index contributed by atoms with van der Waals surface area (Å²) < 4.78 is 16.9. The van der Waals surface area contributed by atoms with Gasteiger partial charge in [0, 0.05) is 19.3 Å². The second kappa shape index (κ2) is 59.9. The molecule has 0 amide bonds. The first-order chi connectivity index (χ1) is 35.0. The average molecular weight is 996 g/mol. The van der Waals surface area contributed by atoms with Crippen LogP contribution in [0.2, 0.25) is 0 Å². The highest BCUT2D eigenvalue weighted by Crippen LogP contribution is 2.17. The number of carbonyl (C=O) groups excluding carboxylic acids is 3. The van der Waals surface area contributed by atoms with E-state index in [4.69, 9.17) is 14.2 Å². The molecule has 0 heterocycles. The lowest BCUT2D eigenvalue weighted by atomic mass is 10.0. The minimum atomic E-state index is -0.780. The van der Waals surface area contributed by atoms with Crippen LogP contribution in [0.15, 0.2) is 48.6 Å². The summed E-state index contributed by atoms with van der Waals surface area (Å²) in [6, 6.07) is 0. The molecular weight excluding hydrogens is 877 g/mol. The molecule has 0 rings (SSSR count). The van der Waals surface area contributed by atoms with E-state index < -0.39 is 6.10 Å². The largest absolute Gasteiger partial charge is 0.462 e. The minimum absolute atomic E-state index is 0.0767. The number of ether oxygens (including phenoxy) is 3. The maximum absolute atomic E-state index is 12.9. The molecule has 0 N–H and O–H groups in total. The normalized spacial score (nSPS) is 12.3. The molecule has 0 aromatic carbocycles. The highest BCUT2D eigenvalue weighted by Gasteiger charge is 2.19. The summed E-state index contributed by atoms with van der Waals surface area (Å²) in [6.07, 6.45) is 74.1. The van der Waals surface area contributed by atoms with Gasteiger partial charge in [0.2, 0.25) is 0 Å². The first-order valence-electron chi connectivity index (χ1n) is 31.1. The standard InChI is InChI=1S/C65H118O6/c1-4-7-10-13-16-19-22-24-26-28-29-30-31-32-33-34-35-37-38-40-43-46-49-52-55-58-64(67)70-61-62(60-69-63(66)57-54-51-48-45-42-21-18-15-12-9-6-3)71-65(68)59-56-53-50-47-44-41-39-36-27-25-23-20-17-14-11-8-5-2/h8,11,15,17-18,20,25,27,62H,4-7,9-10,12-14,16,19,21-24,26,28-61H2,1-3H3/b11-8-,18-15-,20-17-,27-25-. The summed E-state index contributed by atoms with van der Waals surface area (Å²) in [5.74, 6) is -0.880. The number of esters is 3. The SMILES string of the molecule is CC/C=C\C/C=C\C/C=C\CCCCCCCCCC(=O)OC(COC(=O)CCCCCCC/C=C\CCCC)COC(=O)CCCCCCCCCCCCCCCCCCCCCCCCCCC. The van der Waals surface area contributed by atoms with Crippen LogP contribution >= 0.6 is 0 Å². The predicted molar refractivity (Wildman–Crippen MR) is 307 cm³/mol. The monoisotopic (exact) mass is 995 g/mol. The first-order valence-corrected chi connectivity index (χ1v) is 31.1. The van der Waals surface area contributed by atoms with Crippen molar-refractivity contribution in [3.8, 4) is 0 Å². The molecule has 0 aliphatic rings. The second-order valence-corrected chi connectivity index (χ2v) is 20.9. The van der Waals surface area contributed by atoms with Gasteiger partial charge in [-0.15, -0.1) is 0 Å². The average Bonchev–Trinajstić information content (AvgIpc) is 3.37. The molecule has 6 nitrogen and oxygen atoms in total. The summed E-state index contributed by atoms with van der Waals surface area (Å²) in [5, 5.41) is 0. The zero-order valence-corrected chi connectivity index (χ0v) is 47.5. The van der Waals surface area contributed by atoms with Crippen LogP contribution in [0.3, 0.4) is 0 Å². The number of allylic oxidation sites excluding steroid dienone is 8. The molecule has 0 fully saturated rings. The molecule has 0 bridgehead atoms. The van der Waals surface area contributed by atoms with Crippen LogP contribution in [-0.4, -0.2) is 37.2 Å². The van der Waals surface area contributed by atoms with Gasteiger partial charge in [-0.2, -0.15) is 0 Å². The summed E-state index contributed by atoms with van der Waals surface area (Å²) in [4.78, 5) is 38.2. The van der Waals surface area contributed by atoms with E-state index in [1.807, 2.05) is 0 Å². The molecule has 0 aromatic rings. The topological polar surface area (TPSA) is 78.9 Å². The van der Waals surface area contributed by atoms with Crippen molar-refractivity contribution in [2.45, 2.75) is 335 Å². The Balaban J connectivity index is 4.21. The van der Waals surface area contributed by atoms with Crippen LogP contribution in [-0.2, 0) is 28.6 Å². The van der Waals surface area contributed by atoms with Gasteiger partial charge >= 0.3 is 17.9 Å². The number of unbranched alkanes of at least 4 members (excludes halogenated alkanes) is 38. The smallest absolute Gasteiger partial charge is 0.306 e. The summed E-state index contributed by atoms with van der Waals surface area (Å²) in [5.41, 5.74) is 0. The highest BCUT2D eigenvalue weighted by atomic mass is 16.6. The van der Waals surface area contributed by atoms with Crippen molar-refractivity contribution in [3.05, 3.63) is 48.6 Å². The number of carbonyl (C=O) groups is 3. The van der Waals surface area contributed by atoms with Gasteiger partial charge in [-0.25, -0.2) is 0 Å². The van der Waals surface area contributed by atoms with E-state index in [0.29, 0.717) is 19.3 Å². The molecule has 414 valence electrons. The van der Waals surface area contributed by atoms with Crippen LogP contribution in [0.1, 0.15) is 329 Å². The Morgan fingerprint density at radius 1 is 0.296 bits per heavy atom. The Kier molecular flexibility index (Phi) is 57.7. The van der Waals surface area contributed by atoms with Gasteiger partial charge in [-0.3, -0.25) is 14.4 Å². The summed E-state index contributed by atoms with van der Waals surface area (Å²) >= 11 is 0.